The molecule has 134 valence electrons. The molecule has 1 aromatic carbocycles. The Kier molecular flexibility index (Phi) is 4.51. The highest BCUT2D eigenvalue weighted by Gasteiger charge is 2.26. The molecular formula is C20H20N2O3S. The second-order valence-electron chi connectivity index (χ2n) is 6.57. The number of rotatable bonds is 3. The number of amides is 2. The van der Waals surface area contributed by atoms with Crippen LogP contribution in [0.25, 0.3) is 10.1 Å². The van der Waals surface area contributed by atoms with E-state index in [1.165, 1.54) is 17.6 Å². The van der Waals surface area contributed by atoms with Gasteiger partial charge in [0.25, 0.3) is 11.8 Å². The fraction of sp³-hybridized carbons (Fsp3) is 0.300. The number of benzene rings is 1. The molecule has 1 aliphatic heterocycles. The number of carbonyl (C=O) groups excluding carboxylic acids is 2. The minimum atomic E-state index is -0.0832. The normalized spacial score (nSPS) is 15.3. The van der Waals surface area contributed by atoms with E-state index in [9.17, 15) is 9.59 Å². The van der Waals surface area contributed by atoms with Crippen LogP contribution in [0.15, 0.2) is 47.1 Å². The average molecular weight is 368 g/mol. The van der Waals surface area contributed by atoms with Gasteiger partial charge in [-0.1, -0.05) is 18.2 Å². The lowest BCUT2D eigenvalue weighted by Gasteiger charge is -2.31. The first-order chi connectivity index (χ1) is 12.6. The second-order valence-corrected chi connectivity index (χ2v) is 7.62. The van der Waals surface area contributed by atoms with Crippen LogP contribution in [0.1, 0.15) is 38.6 Å². The summed E-state index contributed by atoms with van der Waals surface area (Å²) in [7, 11) is 0. The maximum Gasteiger partial charge on any atom is 0.289 e. The summed E-state index contributed by atoms with van der Waals surface area (Å²) in [4.78, 5) is 27.6. The smallest absolute Gasteiger partial charge is 0.289 e. The summed E-state index contributed by atoms with van der Waals surface area (Å²) < 4.78 is 6.31. The fourth-order valence-corrected chi connectivity index (χ4v) is 4.54. The standard InChI is InChI=1S/C20H20N2O3S/c1-13-15-5-2-3-7-17(15)26-18(13)19(23)21-14-8-10-22(11-9-14)20(24)16-6-4-12-25-16/h2-7,12,14H,8-11H2,1H3,(H,21,23). The van der Waals surface area contributed by atoms with Crippen LogP contribution in [-0.2, 0) is 0 Å². The van der Waals surface area contributed by atoms with Gasteiger partial charge in [0.05, 0.1) is 11.1 Å². The molecule has 0 saturated carbocycles. The minimum Gasteiger partial charge on any atom is -0.459 e. The van der Waals surface area contributed by atoms with Crippen molar-refractivity contribution in [2.45, 2.75) is 25.8 Å². The van der Waals surface area contributed by atoms with E-state index in [-0.39, 0.29) is 17.9 Å². The Hall–Kier alpha value is -2.60. The lowest BCUT2D eigenvalue weighted by Crippen LogP contribution is -2.46. The van der Waals surface area contributed by atoms with E-state index in [0.29, 0.717) is 18.8 Å². The van der Waals surface area contributed by atoms with E-state index in [4.69, 9.17) is 4.42 Å². The number of furan rings is 1. The number of thiophene rings is 1. The number of likely N-dealkylation sites (tertiary alicyclic amines) is 1. The van der Waals surface area contributed by atoms with Crippen LogP contribution in [0, 0.1) is 6.92 Å². The van der Waals surface area contributed by atoms with Gasteiger partial charge in [0.2, 0.25) is 0 Å². The van der Waals surface area contributed by atoms with Crippen LogP contribution in [0.5, 0.6) is 0 Å². The second kappa shape index (κ2) is 6.96. The Bertz CT molecular complexity index is 937. The van der Waals surface area contributed by atoms with E-state index in [0.717, 1.165) is 33.4 Å². The molecule has 3 aromatic rings. The van der Waals surface area contributed by atoms with Crippen LogP contribution >= 0.6 is 11.3 Å². The molecule has 1 fully saturated rings. The van der Waals surface area contributed by atoms with Crippen molar-refractivity contribution in [1.82, 2.24) is 10.2 Å². The largest absolute Gasteiger partial charge is 0.459 e. The van der Waals surface area contributed by atoms with Gasteiger partial charge >= 0.3 is 0 Å². The van der Waals surface area contributed by atoms with Gasteiger partial charge < -0.3 is 14.6 Å². The van der Waals surface area contributed by atoms with Crippen molar-refractivity contribution in [1.29, 1.82) is 0 Å². The number of hydrogen-bond donors (Lipinski definition) is 1. The zero-order chi connectivity index (χ0) is 18.1. The maximum atomic E-state index is 12.7. The van der Waals surface area contributed by atoms with Crippen molar-refractivity contribution >= 4 is 33.2 Å². The van der Waals surface area contributed by atoms with Crippen LogP contribution in [0.2, 0.25) is 0 Å². The maximum absolute atomic E-state index is 12.7. The van der Waals surface area contributed by atoms with Crippen LogP contribution in [0.3, 0.4) is 0 Å². The Morgan fingerprint density at radius 1 is 1.15 bits per heavy atom. The van der Waals surface area contributed by atoms with Crippen molar-refractivity contribution in [2.75, 3.05) is 13.1 Å². The topological polar surface area (TPSA) is 62.6 Å². The molecule has 2 aromatic heterocycles. The Morgan fingerprint density at radius 3 is 2.62 bits per heavy atom. The summed E-state index contributed by atoms with van der Waals surface area (Å²) in [5.41, 5.74) is 1.04. The van der Waals surface area contributed by atoms with Gasteiger partial charge in [-0.25, -0.2) is 0 Å². The number of aryl methyl sites for hydroxylation is 1. The monoisotopic (exact) mass is 368 g/mol. The molecule has 1 aliphatic rings. The van der Waals surface area contributed by atoms with Crippen LogP contribution in [0.4, 0.5) is 0 Å². The lowest BCUT2D eigenvalue weighted by atomic mass is 10.0. The van der Waals surface area contributed by atoms with Crippen molar-refractivity contribution in [3.8, 4) is 0 Å². The molecular weight excluding hydrogens is 348 g/mol. The molecule has 1 saturated heterocycles. The summed E-state index contributed by atoms with van der Waals surface area (Å²) in [6.07, 6.45) is 3.01. The first kappa shape index (κ1) is 16.8. The van der Waals surface area contributed by atoms with Gasteiger partial charge in [0.15, 0.2) is 5.76 Å². The van der Waals surface area contributed by atoms with Crippen molar-refractivity contribution < 1.29 is 14.0 Å². The number of nitrogens with zero attached hydrogens (tertiary/aromatic N) is 1. The molecule has 5 nitrogen and oxygen atoms in total. The van der Waals surface area contributed by atoms with Gasteiger partial charge in [-0.3, -0.25) is 9.59 Å². The van der Waals surface area contributed by atoms with Crippen molar-refractivity contribution in [3.63, 3.8) is 0 Å². The van der Waals surface area contributed by atoms with Crippen LogP contribution in [-0.4, -0.2) is 35.8 Å². The molecule has 0 radical (unpaired) electrons. The average Bonchev–Trinajstić information content (AvgIpc) is 3.31. The predicted octanol–water partition coefficient (Wildman–Crippen LogP) is 3.84. The summed E-state index contributed by atoms with van der Waals surface area (Å²) in [5, 5.41) is 4.28. The highest BCUT2D eigenvalue weighted by molar-refractivity contribution is 7.21. The molecule has 6 heteroatoms. The molecule has 2 amide bonds. The molecule has 4 rings (SSSR count). The van der Waals surface area contributed by atoms with E-state index >= 15 is 0 Å². The summed E-state index contributed by atoms with van der Waals surface area (Å²) >= 11 is 1.54. The van der Waals surface area contributed by atoms with Gasteiger partial charge in [0.1, 0.15) is 0 Å². The van der Waals surface area contributed by atoms with Gasteiger partial charge in [-0.2, -0.15) is 0 Å². The molecule has 0 bridgehead atoms. The summed E-state index contributed by atoms with van der Waals surface area (Å²) in [6.45, 7) is 3.24. The van der Waals surface area contributed by atoms with Crippen molar-refractivity contribution in [3.05, 3.63) is 58.9 Å². The first-order valence-corrected chi connectivity index (χ1v) is 9.57. The molecule has 26 heavy (non-hydrogen) atoms. The minimum absolute atomic E-state index is 0.0143. The van der Waals surface area contributed by atoms with E-state index in [2.05, 4.69) is 11.4 Å². The number of hydrogen-bond acceptors (Lipinski definition) is 4. The Labute approximate surface area is 155 Å². The SMILES string of the molecule is Cc1c(C(=O)NC2CCN(C(=O)c3ccco3)CC2)sc2ccccc12. The van der Waals surface area contributed by atoms with Gasteiger partial charge in [-0.05, 0) is 48.9 Å². The van der Waals surface area contributed by atoms with Crippen LogP contribution < -0.4 is 5.32 Å². The number of carbonyl (C=O) groups is 2. The number of fused-ring (bicyclic) bond motifs is 1. The number of piperidine rings is 1. The summed E-state index contributed by atoms with van der Waals surface area (Å²) in [6, 6.07) is 11.6. The Morgan fingerprint density at radius 2 is 1.92 bits per heavy atom. The summed E-state index contributed by atoms with van der Waals surface area (Å²) in [5.74, 6) is 0.271. The quantitative estimate of drug-likeness (QED) is 0.764. The highest BCUT2D eigenvalue weighted by Crippen LogP contribution is 2.30. The molecule has 0 spiro atoms. The molecule has 0 aliphatic carbocycles. The molecule has 1 N–H and O–H groups in total. The molecule has 3 heterocycles. The van der Waals surface area contributed by atoms with E-state index < -0.39 is 0 Å². The third kappa shape index (κ3) is 3.12. The third-order valence-corrected chi connectivity index (χ3v) is 6.17. The third-order valence-electron chi connectivity index (χ3n) is 4.90. The van der Waals surface area contributed by atoms with E-state index in [1.807, 2.05) is 25.1 Å². The lowest BCUT2D eigenvalue weighted by molar-refractivity contribution is 0.0667. The highest BCUT2D eigenvalue weighted by atomic mass is 32.1. The van der Waals surface area contributed by atoms with Gasteiger partial charge in [0, 0.05) is 23.8 Å². The zero-order valence-corrected chi connectivity index (χ0v) is 15.3. The molecule has 0 unspecified atom stereocenters. The predicted molar refractivity (Wildman–Crippen MR) is 102 cm³/mol. The zero-order valence-electron chi connectivity index (χ0n) is 14.5. The van der Waals surface area contributed by atoms with Crippen molar-refractivity contribution in [2.24, 2.45) is 0 Å². The molecule has 0 atom stereocenters. The Balaban J connectivity index is 1.38. The number of nitrogens with one attached hydrogen (secondary N) is 1. The fourth-order valence-electron chi connectivity index (χ4n) is 3.42. The first-order valence-electron chi connectivity index (χ1n) is 8.75. The van der Waals surface area contributed by atoms with E-state index in [1.54, 1.807) is 17.0 Å². The van der Waals surface area contributed by atoms with Gasteiger partial charge in [-0.15, -0.1) is 11.3 Å².